The van der Waals surface area contributed by atoms with Crippen LogP contribution in [0.4, 0.5) is 4.79 Å². The fourth-order valence-corrected chi connectivity index (χ4v) is 0.913. The summed E-state index contributed by atoms with van der Waals surface area (Å²) in [4.78, 5) is 12.6. The first-order valence-electron chi connectivity index (χ1n) is 4.32. The van der Waals surface area contributed by atoms with E-state index in [-0.39, 0.29) is 6.54 Å². The van der Waals surface area contributed by atoms with Gasteiger partial charge >= 0.3 is 6.09 Å². The third kappa shape index (κ3) is 5.25. The first-order chi connectivity index (χ1) is 6.11. The van der Waals surface area contributed by atoms with Gasteiger partial charge in [-0.1, -0.05) is 6.08 Å². The van der Waals surface area contributed by atoms with E-state index < -0.39 is 12.2 Å². The lowest BCUT2D eigenvalue weighted by atomic mass is 10.3. The number of amides is 1. The molecule has 0 aliphatic rings. The van der Waals surface area contributed by atoms with Crippen molar-refractivity contribution in [1.82, 2.24) is 4.90 Å². The van der Waals surface area contributed by atoms with Crippen molar-refractivity contribution in [2.75, 3.05) is 19.7 Å². The average molecular weight is 187 g/mol. The first kappa shape index (κ1) is 12.0. The Balaban J connectivity index is 4.05. The Kier molecular flexibility index (Phi) is 5.97. The quantitative estimate of drug-likeness (QED) is 0.653. The van der Waals surface area contributed by atoms with Crippen molar-refractivity contribution in [2.24, 2.45) is 0 Å². The number of aliphatic hydroxyl groups is 1. The number of nitrogens with zero attached hydrogens (tertiary/aromatic N) is 1. The third-order valence-corrected chi connectivity index (χ3v) is 1.36. The fourth-order valence-electron chi connectivity index (χ4n) is 0.913. The molecule has 0 radical (unpaired) electrons. The molecule has 1 amide bonds. The van der Waals surface area contributed by atoms with Gasteiger partial charge in [0.2, 0.25) is 0 Å². The highest BCUT2D eigenvalue weighted by molar-refractivity contribution is 5.67. The van der Waals surface area contributed by atoms with E-state index in [0.29, 0.717) is 13.2 Å². The van der Waals surface area contributed by atoms with Crippen molar-refractivity contribution in [3.63, 3.8) is 0 Å². The summed E-state index contributed by atoms with van der Waals surface area (Å²) in [6.45, 7) is 7.88. The number of hydrogen-bond acceptors (Lipinski definition) is 3. The van der Waals surface area contributed by atoms with Crippen LogP contribution in [0.3, 0.4) is 0 Å². The van der Waals surface area contributed by atoms with Crippen LogP contribution < -0.4 is 0 Å². The molecule has 0 heterocycles. The molecule has 4 heteroatoms. The number of ether oxygens (including phenoxy) is 1. The highest BCUT2D eigenvalue weighted by atomic mass is 16.6. The summed E-state index contributed by atoms with van der Waals surface area (Å²) in [5.41, 5.74) is 0. The Labute approximate surface area is 78.8 Å². The molecule has 0 spiro atoms. The molecule has 0 fully saturated rings. The Morgan fingerprint density at radius 3 is 2.77 bits per heavy atom. The van der Waals surface area contributed by atoms with Crippen LogP contribution in [-0.4, -0.2) is 41.9 Å². The second kappa shape index (κ2) is 6.48. The van der Waals surface area contributed by atoms with Gasteiger partial charge in [0.05, 0.1) is 12.7 Å². The molecule has 1 atom stereocenters. The summed E-state index contributed by atoms with van der Waals surface area (Å²) < 4.78 is 4.79. The van der Waals surface area contributed by atoms with Gasteiger partial charge in [0.25, 0.3) is 0 Å². The standard InChI is InChI=1S/C9H17NO3/c1-4-6-10(7-8(3)11)9(12)13-5-2/h4,8,11H,1,5-7H2,2-3H3. The van der Waals surface area contributed by atoms with Crippen LogP contribution in [0.15, 0.2) is 12.7 Å². The van der Waals surface area contributed by atoms with Gasteiger partial charge in [-0.25, -0.2) is 4.79 Å². The Hall–Kier alpha value is -1.03. The fraction of sp³-hybridized carbons (Fsp3) is 0.667. The smallest absolute Gasteiger partial charge is 0.410 e. The van der Waals surface area contributed by atoms with Gasteiger partial charge < -0.3 is 14.7 Å². The number of carbonyl (C=O) groups excluding carboxylic acids is 1. The Bertz CT molecular complexity index is 168. The lowest BCUT2D eigenvalue weighted by Crippen LogP contribution is -2.37. The van der Waals surface area contributed by atoms with Crippen LogP contribution >= 0.6 is 0 Å². The van der Waals surface area contributed by atoms with Crippen LogP contribution in [0.25, 0.3) is 0 Å². The zero-order valence-corrected chi connectivity index (χ0v) is 8.19. The molecule has 0 aliphatic carbocycles. The predicted octanol–water partition coefficient (Wildman–Crippen LogP) is 1.01. The summed E-state index contributed by atoms with van der Waals surface area (Å²) in [6.07, 6.45) is 0.631. The van der Waals surface area contributed by atoms with Crippen molar-refractivity contribution >= 4 is 6.09 Å². The van der Waals surface area contributed by atoms with Crippen molar-refractivity contribution in [2.45, 2.75) is 20.0 Å². The SMILES string of the molecule is C=CCN(CC(C)O)C(=O)OCC. The largest absolute Gasteiger partial charge is 0.450 e. The van der Waals surface area contributed by atoms with Gasteiger partial charge in [0, 0.05) is 13.1 Å². The summed E-state index contributed by atoms with van der Waals surface area (Å²) in [5.74, 6) is 0. The topological polar surface area (TPSA) is 49.8 Å². The number of rotatable bonds is 5. The van der Waals surface area contributed by atoms with Gasteiger partial charge in [-0.2, -0.15) is 0 Å². The van der Waals surface area contributed by atoms with E-state index in [0.717, 1.165) is 0 Å². The maximum absolute atomic E-state index is 11.2. The molecule has 0 aromatic heterocycles. The van der Waals surface area contributed by atoms with E-state index >= 15 is 0 Å². The zero-order chi connectivity index (χ0) is 10.3. The highest BCUT2D eigenvalue weighted by Crippen LogP contribution is 1.96. The zero-order valence-electron chi connectivity index (χ0n) is 8.19. The molecule has 1 N–H and O–H groups in total. The van der Waals surface area contributed by atoms with Gasteiger partial charge in [-0.3, -0.25) is 0 Å². The van der Waals surface area contributed by atoms with Crippen LogP contribution in [0.2, 0.25) is 0 Å². The second-order valence-corrected chi connectivity index (χ2v) is 2.74. The van der Waals surface area contributed by atoms with Gasteiger partial charge in [-0.15, -0.1) is 6.58 Å². The third-order valence-electron chi connectivity index (χ3n) is 1.36. The molecular formula is C9H17NO3. The summed E-state index contributed by atoms with van der Waals surface area (Å²) in [7, 11) is 0. The van der Waals surface area contributed by atoms with Gasteiger partial charge in [0.1, 0.15) is 0 Å². The summed E-state index contributed by atoms with van der Waals surface area (Å²) >= 11 is 0. The van der Waals surface area contributed by atoms with Crippen LogP contribution in [-0.2, 0) is 4.74 Å². The maximum Gasteiger partial charge on any atom is 0.410 e. The second-order valence-electron chi connectivity index (χ2n) is 2.74. The highest BCUT2D eigenvalue weighted by Gasteiger charge is 2.14. The Morgan fingerprint density at radius 2 is 2.38 bits per heavy atom. The molecule has 76 valence electrons. The van der Waals surface area contributed by atoms with Crippen molar-refractivity contribution < 1.29 is 14.6 Å². The first-order valence-corrected chi connectivity index (χ1v) is 4.32. The number of hydrogen-bond donors (Lipinski definition) is 1. The van der Waals surface area contributed by atoms with Gasteiger partial charge in [0.15, 0.2) is 0 Å². The Morgan fingerprint density at radius 1 is 1.77 bits per heavy atom. The van der Waals surface area contributed by atoms with E-state index in [1.54, 1.807) is 19.9 Å². The van der Waals surface area contributed by atoms with E-state index in [4.69, 9.17) is 9.84 Å². The average Bonchev–Trinajstić information content (AvgIpc) is 2.03. The molecule has 4 nitrogen and oxygen atoms in total. The molecule has 0 saturated heterocycles. The summed E-state index contributed by atoms with van der Waals surface area (Å²) in [6, 6.07) is 0. The minimum atomic E-state index is -0.552. The molecule has 13 heavy (non-hydrogen) atoms. The van der Waals surface area contributed by atoms with Crippen molar-refractivity contribution in [1.29, 1.82) is 0 Å². The van der Waals surface area contributed by atoms with Crippen LogP contribution in [0, 0.1) is 0 Å². The molecule has 0 bridgehead atoms. The number of carbonyl (C=O) groups is 1. The van der Waals surface area contributed by atoms with Crippen LogP contribution in [0.5, 0.6) is 0 Å². The van der Waals surface area contributed by atoms with Crippen LogP contribution in [0.1, 0.15) is 13.8 Å². The number of aliphatic hydroxyl groups excluding tert-OH is 1. The van der Waals surface area contributed by atoms with E-state index in [1.165, 1.54) is 4.90 Å². The lowest BCUT2D eigenvalue weighted by molar-refractivity contribution is 0.0859. The predicted molar refractivity (Wildman–Crippen MR) is 50.5 cm³/mol. The molecular weight excluding hydrogens is 170 g/mol. The van der Waals surface area contributed by atoms with E-state index in [1.807, 2.05) is 0 Å². The van der Waals surface area contributed by atoms with Crippen molar-refractivity contribution in [3.8, 4) is 0 Å². The van der Waals surface area contributed by atoms with E-state index in [9.17, 15) is 4.79 Å². The van der Waals surface area contributed by atoms with Gasteiger partial charge in [-0.05, 0) is 13.8 Å². The van der Waals surface area contributed by atoms with E-state index in [2.05, 4.69) is 6.58 Å². The summed E-state index contributed by atoms with van der Waals surface area (Å²) in [5, 5.41) is 9.08. The molecule has 0 saturated carbocycles. The molecule has 0 rings (SSSR count). The lowest BCUT2D eigenvalue weighted by Gasteiger charge is -2.21. The minimum absolute atomic E-state index is 0.269. The molecule has 0 aromatic carbocycles. The normalized spacial score (nSPS) is 11.9. The molecule has 0 aliphatic heterocycles. The minimum Gasteiger partial charge on any atom is -0.450 e. The molecule has 0 aromatic rings. The monoisotopic (exact) mass is 187 g/mol. The molecule has 1 unspecified atom stereocenters. The van der Waals surface area contributed by atoms with Crippen molar-refractivity contribution in [3.05, 3.63) is 12.7 Å². The maximum atomic E-state index is 11.2.